The summed E-state index contributed by atoms with van der Waals surface area (Å²) in [5.41, 5.74) is 2.81. The smallest absolute Gasteiger partial charge is 0.0946 e. The van der Waals surface area contributed by atoms with Crippen LogP contribution in [0.4, 0.5) is 0 Å². The highest BCUT2D eigenvalue weighted by atomic mass is 16.5. The van der Waals surface area contributed by atoms with Gasteiger partial charge in [0.15, 0.2) is 0 Å². The molecule has 0 radical (unpaired) electrons. The Kier molecular flexibility index (Phi) is 24.2. The summed E-state index contributed by atoms with van der Waals surface area (Å²) < 4.78 is 14.5. The molecule has 1 aliphatic carbocycles. The van der Waals surface area contributed by atoms with Gasteiger partial charge in [-0.1, -0.05) is 94.7 Å². The number of ether oxygens (including phenoxy) is 2. The first-order valence-corrected chi connectivity index (χ1v) is 18.5. The lowest BCUT2D eigenvalue weighted by Gasteiger charge is -2.20. The third kappa shape index (κ3) is 21.9. The van der Waals surface area contributed by atoms with Crippen LogP contribution in [0, 0.1) is 5.92 Å². The van der Waals surface area contributed by atoms with Gasteiger partial charge in [0.25, 0.3) is 0 Å². The summed E-state index contributed by atoms with van der Waals surface area (Å²) in [6, 6.07) is 0. The first kappa shape index (κ1) is 38.5. The highest BCUT2D eigenvalue weighted by Crippen LogP contribution is 2.22. The van der Waals surface area contributed by atoms with Gasteiger partial charge in [-0.2, -0.15) is 0 Å². The predicted molar refractivity (Wildman–Crippen MR) is 189 cm³/mol. The molecule has 0 fully saturated rings. The van der Waals surface area contributed by atoms with Crippen molar-refractivity contribution in [2.75, 3.05) is 32.9 Å². The maximum Gasteiger partial charge on any atom is 0.0946 e. The lowest BCUT2D eigenvalue weighted by molar-refractivity contribution is -0.0198. The molecule has 1 heterocycles. The normalized spacial score (nSPS) is 15.7. The van der Waals surface area contributed by atoms with E-state index in [0.717, 1.165) is 65.0 Å². The van der Waals surface area contributed by atoms with Crippen molar-refractivity contribution in [3.05, 3.63) is 54.2 Å². The number of aromatic nitrogens is 2. The number of rotatable bonds is 28. The number of nitrogens with one attached hydrogen (secondary N) is 1. The van der Waals surface area contributed by atoms with Gasteiger partial charge in [0.05, 0.1) is 31.3 Å². The Labute approximate surface area is 272 Å². The Bertz CT molecular complexity index is 874. The van der Waals surface area contributed by atoms with E-state index in [9.17, 15) is 0 Å². The van der Waals surface area contributed by atoms with E-state index in [4.69, 9.17) is 9.47 Å². The largest absolute Gasteiger partial charge is 0.379 e. The van der Waals surface area contributed by atoms with Gasteiger partial charge in [-0.3, -0.25) is 0 Å². The van der Waals surface area contributed by atoms with Crippen molar-refractivity contribution < 1.29 is 9.47 Å². The van der Waals surface area contributed by atoms with Crippen molar-refractivity contribution in [3.63, 3.8) is 0 Å². The van der Waals surface area contributed by atoms with Gasteiger partial charge in [0.1, 0.15) is 0 Å². The number of unbranched alkanes of at least 4 members (excludes halogenated alkanes) is 9. The summed E-state index contributed by atoms with van der Waals surface area (Å²) in [7, 11) is 2.03. The summed E-state index contributed by atoms with van der Waals surface area (Å²) in [6.45, 7) is 8.76. The summed E-state index contributed by atoms with van der Waals surface area (Å²) in [4.78, 5) is 4.46. The Balaban J connectivity index is 1.51. The molecule has 0 bridgehead atoms. The van der Waals surface area contributed by atoms with E-state index in [1.807, 2.05) is 17.9 Å². The molecule has 252 valence electrons. The SMILES string of the molecule is CCCCC/C=C\C/C=C\CCCCCCCCOCC(CCC1=CCCCCC1)OCCNCC(C)Cc1cn(C)cn1. The van der Waals surface area contributed by atoms with Gasteiger partial charge in [0.2, 0.25) is 0 Å². The van der Waals surface area contributed by atoms with Crippen molar-refractivity contribution in [3.8, 4) is 0 Å². The molecule has 0 aromatic carbocycles. The minimum atomic E-state index is 0.191. The van der Waals surface area contributed by atoms with Crippen LogP contribution in [0.5, 0.6) is 0 Å². The third-order valence-electron chi connectivity index (χ3n) is 8.66. The molecule has 0 amide bonds. The summed E-state index contributed by atoms with van der Waals surface area (Å²) >= 11 is 0. The standard InChI is InChI=1S/C39H69N3O2/c1-4-5-6-7-8-9-10-11-12-13-14-15-16-17-20-23-29-43-34-39(27-26-37-24-21-18-19-22-25-37)44-30-28-40-32-36(2)31-38-33-42(3)35-41-38/h8-9,11-12,24,33,35-36,39-40H,4-7,10,13-23,25-32,34H2,1-3H3/b9-8-,12-11-. The first-order chi connectivity index (χ1) is 21.7. The molecule has 5 heteroatoms. The maximum absolute atomic E-state index is 6.36. The van der Waals surface area contributed by atoms with Crippen molar-refractivity contribution >= 4 is 0 Å². The van der Waals surface area contributed by atoms with Crippen molar-refractivity contribution in [1.29, 1.82) is 0 Å². The molecule has 1 aliphatic rings. The van der Waals surface area contributed by atoms with Crippen LogP contribution < -0.4 is 5.32 Å². The van der Waals surface area contributed by atoms with E-state index in [1.54, 1.807) is 5.57 Å². The van der Waals surface area contributed by atoms with Gasteiger partial charge < -0.3 is 19.4 Å². The Morgan fingerprint density at radius 3 is 2.48 bits per heavy atom. The Morgan fingerprint density at radius 1 is 0.932 bits per heavy atom. The van der Waals surface area contributed by atoms with Gasteiger partial charge in [-0.25, -0.2) is 4.98 Å². The van der Waals surface area contributed by atoms with Crippen LogP contribution in [0.3, 0.4) is 0 Å². The van der Waals surface area contributed by atoms with Gasteiger partial charge >= 0.3 is 0 Å². The van der Waals surface area contributed by atoms with E-state index in [1.165, 1.54) is 102 Å². The van der Waals surface area contributed by atoms with E-state index in [0.29, 0.717) is 5.92 Å². The molecule has 44 heavy (non-hydrogen) atoms. The Hall–Kier alpha value is -1.69. The molecule has 2 unspecified atom stereocenters. The van der Waals surface area contributed by atoms with Crippen LogP contribution in [-0.2, 0) is 22.9 Å². The van der Waals surface area contributed by atoms with Gasteiger partial charge in [0, 0.05) is 26.4 Å². The van der Waals surface area contributed by atoms with E-state index in [2.05, 4.69) is 60.7 Å². The zero-order chi connectivity index (χ0) is 31.3. The zero-order valence-electron chi connectivity index (χ0n) is 29.1. The highest BCUT2D eigenvalue weighted by Gasteiger charge is 2.13. The fourth-order valence-corrected chi connectivity index (χ4v) is 5.92. The lowest BCUT2D eigenvalue weighted by atomic mass is 10.0. The molecule has 0 spiro atoms. The fraction of sp³-hybridized carbons (Fsp3) is 0.769. The minimum absolute atomic E-state index is 0.191. The zero-order valence-corrected chi connectivity index (χ0v) is 29.1. The number of aryl methyl sites for hydroxylation is 1. The monoisotopic (exact) mass is 612 g/mol. The molecular formula is C39H69N3O2. The molecule has 0 aliphatic heterocycles. The van der Waals surface area contributed by atoms with Crippen LogP contribution in [0.15, 0.2) is 48.5 Å². The Morgan fingerprint density at radius 2 is 1.70 bits per heavy atom. The average molecular weight is 612 g/mol. The molecule has 1 N–H and O–H groups in total. The van der Waals surface area contributed by atoms with Crippen LogP contribution in [-0.4, -0.2) is 48.6 Å². The van der Waals surface area contributed by atoms with Crippen LogP contribution >= 0.6 is 0 Å². The summed E-state index contributed by atoms with van der Waals surface area (Å²) in [6.07, 6.45) is 41.3. The number of nitrogens with zero attached hydrogens (tertiary/aromatic N) is 2. The third-order valence-corrected chi connectivity index (χ3v) is 8.66. The van der Waals surface area contributed by atoms with E-state index < -0.39 is 0 Å². The number of hydrogen-bond donors (Lipinski definition) is 1. The van der Waals surface area contributed by atoms with E-state index in [-0.39, 0.29) is 6.10 Å². The lowest BCUT2D eigenvalue weighted by Crippen LogP contribution is -2.29. The highest BCUT2D eigenvalue weighted by molar-refractivity contribution is 5.04. The fourth-order valence-electron chi connectivity index (χ4n) is 5.92. The van der Waals surface area contributed by atoms with Crippen LogP contribution in [0.25, 0.3) is 0 Å². The molecule has 1 aromatic heterocycles. The van der Waals surface area contributed by atoms with E-state index >= 15 is 0 Å². The van der Waals surface area contributed by atoms with Crippen molar-refractivity contribution in [2.45, 2.75) is 148 Å². The molecule has 0 saturated heterocycles. The predicted octanol–water partition coefficient (Wildman–Crippen LogP) is 10.1. The summed E-state index contributed by atoms with van der Waals surface area (Å²) in [5.74, 6) is 0.556. The first-order valence-electron chi connectivity index (χ1n) is 18.5. The molecule has 2 atom stereocenters. The second kappa shape index (κ2) is 27.6. The van der Waals surface area contributed by atoms with Gasteiger partial charge in [-0.15, -0.1) is 0 Å². The topological polar surface area (TPSA) is 48.3 Å². The van der Waals surface area contributed by atoms with Gasteiger partial charge in [-0.05, 0) is 95.9 Å². The van der Waals surface area contributed by atoms with Crippen molar-refractivity contribution in [2.24, 2.45) is 13.0 Å². The summed E-state index contributed by atoms with van der Waals surface area (Å²) in [5, 5.41) is 3.59. The quantitative estimate of drug-likeness (QED) is 0.0757. The number of imidazole rings is 1. The second-order valence-electron chi connectivity index (χ2n) is 13.2. The molecule has 5 nitrogen and oxygen atoms in total. The average Bonchev–Trinajstić information content (AvgIpc) is 3.25. The molecule has 0 saturated carbocycles. The number of allylic oxidation sites excluding steroid dienone is 6. The second-order valence-corrected chi connectivity index (χ2v) is 13.2. The minimum Gasteiger partial charge on any atom is -0.379 e. The molecular weight excluding hydrogens is 542 g/mol. The number of hydrogen-bond acceptors (Lipinski definition) is 4. The molecule has 1 aromatic rings. The maximum atomic E-state index is 6.36. The molecule has 2 rings (SSSR count). The van der Waals surface area contributed by atoms with Crippen LogP contribution in [0.2, 0.25) is 0 Å². The van der Waals surface area contributed by atoms with Crippen LogP contribution in [0.1, 0.15) is 142 Å². The van der Waals surface area contributed by atoms with Crippen molar-refractivity contribution in [1.82, 2.24) is 14.9 Å².